The lowest BCUT2D eigenvalue weighted by Crippen LogP contribution is -2.49. The first-order valence-corrected chi connectivity index (χ1v) is 13.4. The van der Waals surface area contributed by atoms with Gasteiger partial charge in [-0.15, -0.1) is 0 Å². The fourth-order valence-corrected chi connectivity index (χ4v) is 7.34. The summed E-state index contributed by atoms with van der Waals surface area (Å²) in [5.41, 5.74) is 5.85. The molecule has 3 atom stereocenters. The highest BCUT2D eigenvalue weighted by Crippen LogP contribution is 2.47. The summed E-state index contributed by atoms with van der Waals surface area (Å²) in [7, 11) is 0. The molecule has 1 aliphatic carbocycles. The number of aryl methyl sites for hydroxylation is 4. The lowest BCUT2D eigenvalue weighted by atomic mass is 9.72. The van der Waals surface area contributed by atoms with Gasteiger partial charge < -0.3 is 10.4 Å². The van der Waals surface area contributed by atoms with Crippen molar-refractivity contribution in [3.8, 4) is 0 Å². The molecule has 0 unspecified atom stereocenters. The van der Waals surface area contributed by atoms with Crippen molar-refractivity contribution in [1.82, 2.24) is 5.32 Å². The van der Waals surface area contributed by atoms with E-state index in [1.54, 1.807) is 0 Å². The molecule has 0 amide bonds. The monoisotopic (exact) mass is 463 g/mol. The third-order valence-electron chi connectivity index (χ3n) is 9.23. The Kier molecular flexibility index (Phi) is 5.51. The maximum Gasteiger partial charge on any atom is 0.130 e. The Bertz CT molecular complexity index is 1330. The zero-order chi connectivity index (χ0) is 24.3. The van der Waals surface area contributed by atoms with E-state index in [0.29, 0.717) is 12.0 Å². The van der Waals surface area contributed by atoms with Crippen molar-refractivity contribution in [2.45, 2.75) is 77.5 Å². The van der Waals surface area contributed by atoms with Gasteiger partial charge in [0.25, 0.3) is 0 Å². The number of aliphatic hydroxyl groups is 1. The maximum absolute atomic E-state index is 13.2. The van der Waals surface area contributed by atoms with Gasteiger partial charge in [-0.1, -0.05) is 73.5 Å². The van der Waals surface area contributed by atoms with Gasteiger partial charge in [-0.3, -0.25) is 0 Å². The molecule has 1 saturated carbocycles. The zero-order valence-electron chi connectivity index (χ0n) is 21.5. The van der Waals surface area contributed by atoms with E-state index >= 15 is 0 Å². The van der Waals surface area contributed by atoms with E-state index in [1.807, 2.05) is 0 Å². The second kappa shape index (κ2) is 8.47. The molecule has 0 spiro atoms. The Hall–Kier alpha value is -2.68. The summed E-state index contributed by atoms with van der Waals surface area (Å²) in [5.74, 6) is 0.656. The van der Waals surface area contributed by atoms with Crippen LogP contribution < -0.4 is 5.32 Å². The summed E-state index contributed by atoms with van der Waals surface area (Å²) in [6.07, 6.45) is 6.13. The molecule has 0 aromatic heterocycles. The average Bonchev–Trinajstić information content (AvgIpc) is 3.33. The van der Waals surface area contributed by atoms with E-state index in [9.17, 15) is 5.11 Å². The van der Waals surface area contributed by atoms with Crippen LogP contribution in [0.15, 0.2) is 60.7 Å². The van der Waals surface area contributed by atoms with Crippen molar-refractivity contribution < 1.29 is 5.11 Å². The highest BCUT2D eigenvalue weighted by molar-refractivity contribution is 5.92. The van der Waals surface area contributed by atoms with E-state index in [2.05, 4.69) is 93.7 Å². The van der Waals surface area contributed by atoms with Crippen LogP contribution in [0.2, 0.25) is 0 Å². The Balaban J connectivity index is 1.64. The van der Waals surface area contributed by atoms with Crippen LogP contribution >= 0.6 is 0 Å². The van der Waals surface area contributed by atoms with Gasteiger partial charge in [0.15, 0.2) is 0 Å². The summed E-state index contributed by atoms with van der Waals surface area (Å²) in [5, 5.41) is 22.2. The first-order valence-electron chi connectivity index (χ1n) is 13.4. The molecule has 0 bridgehead atoms. The molecular weight excluding hydrogens is 426 g/mol. The summed E-state index contributed by atoms with van der Waals surface area (Å²) in [6, 6.07) is 22.3. The van der Waals surface area contributed by atoms with Crippen LogP contribution in [0.25, 0.3) is 21.5 Å². The van der Waals surface area contributed by atoms with Gasteiger partial charge in [0.2, 0.25) is 0 Å². The molecule has 1 saturated heterocycles. The largest absolute Gasteiger partial charge is 0.379 e. The van der Waals surface area contributed by atoms with Gasteiger partial charge in [-0.2, -0.15) is 0 Å². The standard InChI is InChI=1S/C33H37NO/c1-20-17-29(22(3)27-14-8-6-12-25(20)27)33(35,32-19-24-11-5-10-16-31(24)34-32)30-18-21(2)26-13-7-9-15-28(26)23(30)4/h6-9,12-15,17-18,24,31-32,34-35H,5,10-11,16,19H2,1-4H3/t24-,31-,32-/m0/s1. The van der Waals surface area contributed by atoms with Gasteiger partial charge in [-0.25, -0.2) is 0 Å². The lowest BCUT2D eigenvalue weighted by Gasteiger charge is -2.39. The molecule has 6 rings (SSSR count). The van der Waals surface area contributed by atoms with Crippen molar-refractivity contribution in [2.75, 3.05) is 0 Å². The van der Waals surface area contributed by atoms with E-state index < -0.39 is 5.60 Å². The van der Waals surface area contributed by atoms with Gasteiger partial charge in [0.1, 0.15) is 5.60 Å². The van der Waals surface area contributed by atoms with Crippen molar-refractivity contribution in [3.63, 3.8) is 0 Å². The average molecular weight is 464 g/mol. The van der Waals surface area contributed by atoms with Crippen LogP contribution in [0.1, 0.15) is 65.5 Å². The van der Waals surface area contributed by atoms with Gasteiger partial charge in [0.05, 0.1) is 0 Å². The molecule has 1 heterocycles. The fraction of sp³-hybridized carbons (Fsp3) is 0.394. The molecule has 2 fully saturated rings. The van der Waals surface area contributed by atoms with Crippen molar-refractivity contribution in [3.05, 3.63) is 94.0 Å². The summed E-state index contributed by atoms with van der Waals surface area (Å²) < 4.78 is 0. The Labute approximate surface area is 209 Å². The van der Waals surface area contributed by atoms with Crippen LogP contribution in [-0.4, -0.2) is 17.2 Å². The summed E-state index contributed by atoms with van der Waals surface area (Å²) >= 11 is 0. The molecule has 180 valence electrons. The van der Waals surface area contributed by atoms with Crippen LogP contribution in [0, 0.1) is 33.6 Å². The smallest absolute Gasteiger partial charge is 0.130 e. The topological polar surface area (TPSA) is 32.3 Å². The first-order chi connectivity index (χ1) is 16.9. The van der Waals surface area contributed by atoms with Crippen LogP contribution in [-0.2, 0) is 5.60 Å². The molecule has 2 nitrogen and oxygen atoms in total. The molecule has 2 heteroatoms. The summed E-state index contributed by atoms with van der Waals surface area (Å²) in [6.45, 7) is 8.78. The Morgan fingerprint density at radius 2 is 1.20 bits per heavy atom. The highest BCUT2D eigenvalue weighted by Gasteiger charge is 2.49. The van der Waals surface area contributed by atoms with Crippen LogP contribution in [0.3, 0.4) is 0 Å². The predicted molar refractivity (Wildman–Crippen MR) is 147 cm³/mol. The lowest BCUT2D eigenvalue weighted by molar-refractivity contribution is 0.0408. The molecule has 4 aromatic rings. The molecule has 1 aliphatic heterocycles. The molecule has 35 heavy (non-hydrogen) atoms. The van der Waals surface area contributed by atoms with Crippen molar-refractivity contribution >= 4 is 21.5 Å². The fourth-order valence-electron chi connectivity index (χ4n) is 7.34. The summed E-state index contributed by atoms with van der Waals surface area (Å²) in [4.78, 5) is 0. The SMILES string of the molecule is Cc1cc(C(O)(c2cc(C)c3ccccc3c2C)[C@@H]2C[C@@H]3CCCC[C@@H]3N2)c(C)c2ccccc12. The third kappa shape index (κ3) is 3.45. The number of rotatable bonds is 3. The van der Waals surface area contributed by atoms with Crippen molar-refractivity contribution in [2.24, 2.45) is 5.92 Å². The second-order valence-corrected chi connectivity index (χ2v) is 11.2. The minimum absolute atomic E-state index is 0.00544. The van der Waals surface area contributed by atoms with Gasteiger partial charge >= 0.3 is 0 Å². The molecule has 2 aliphatic rings. The van der Waals surface area contributed by atoms with E-state index in [1.165, 1.54) is 69.5 Å². The van der Waals surface area contributed by atoms with E-state index in [0.717, 1.165) is 17.5 Å². The Morgan fingerprint density at radius 3 is 1.71 bits per heavy atom. The number of hydrogen-bond acceptors (Lipinski definition) is 2. The highest BCUT2D eigenvalue weighted by atomic mass is 16.3. The van der Waals surface area contributed by atoms with Crippen LogP contribution in [0.5, 0.6) is 0 Å². The number of nitrogens with one attached hydrogen (secondary N) is 1. The molecular formula is C33H37NO. The Morgan fingerprint density at radius 1 is 0.714 bits per heavy atom. The third-order valence-corrected chi connectivity index (χ3v) is 9.23. The minimum atomic E-state index is -1.10. The minimum Gasteiger partial charge on any atom is -0.379 e. The molecule has 2 N–H and O–H groups in total. The molecule has 4 aromatic carbocycles. The first kappa shape index (κ1) is 22.8. The van der Waals surface area contributed by atoms with E-state index in [-0.39, 0.29) is 6.04 Å². The quantitative estimate of drug-likeness (QED) is 0.332. The van der Waals surface area contributed by atoms with Crippen molar-refractivity contribution in [1.29, 1.82) is 0 Å². The second-order valence-electron chi connectivity index (χ2n) is 11.2. The van der Waals surface area contributed by atoms with Crippen LogP contribution in [0.4, 0.5) is 0 Å². The van der Waals surface area contributed by atoms with E-state index in [4.69, 9.17) is 0 Å². The zero-order valence-corrected chi connectivity index (χ0v) is 21.5. The number of benzene rings is 4. The number of fused-ring (bicyclic) bond motifs is 3. The maximum atomic E-state index is 13.2. The van der Waals surface area contributed by atoms with Gasteiger partial charge in [0, 0.05) is 12.1 Å². The molecule has 0 radical (unpaired) electrons. The normalized spacial score (nSPS) is 22.6. The predicted octanol–water partition coefficient (Wildman–Crippen LogP) is 7.38. The van der Waals surface area contributed by atoms with Gasteiger partial charge in [-0.05, 0) is 108 Å². The number of hydrogen-bond donors (Lipinski definition) is 2.